The topological polar surface area (TPSA) is 35.5 Å². The predicted octanol–water partition coefficient (Wildman–Crippen LogP) is 1.75. The van der Waals surface area contributed by atoms with E-state index >= 15 is 0 Å². The van der Waals surface area contributed by atoms with Gasteiger partial charge in [0.15, 0.2) is 5.79 Å². The Hall–Kier alpha value is -0.410. The fourth-order valence-corrected chi connectivity index (χ4v) is 3.78. The van der Waals surface area contributed by atoms with Crippen molar-refractivity contribution < 1.29 is 14.3 Å². The number of carbonyl (C=O) groups excluding carboxylic acids is 1. The van der Waals surface area contributed by atoms with Gasteiger partial charge in [-0.25, -0.2) is 0 Å². The largest absolute Gasteiger partial charge is 0.347 e. The molecule has 15 heavy (non-hydrogen) atoms. The van der Waals surface area contributed by atoms with Crippen LogP contribution in [0.15, 0.2) is 0 Å². The minimum atomic E-state index is -0.526. The number of rotatable bonds is 1. The van der Waals surface area contributed by atoms with E-state index in [4.69, 9.17) is 9.47 Å². The number of ether oxygens (including phenoxy) is 2. The van der Waals surface area contributed by atoms with Crippen molar-refractivity contribution in [1.29, 1.82) is 0 Å². The highest BCUT2D eigenvalue weighted by Crippen LogP contribution is 2.53. The number of carbonyl (C=O) groups is 1. The first-order chi connectivity index (χ1) is 7.36. The molecule has 0 N–H and O–H groups in total. The van der Waals surface area contributed by atoms with Gasteiger partial charge in [0.05, 0.1) is 19.1 Å². The van der Waals surface area contributed by atoms with Gasteiger partial charge >= 0.3 is 0 Å². The molecular formula is C12H18O3. The van der Waals surface area contributed by atoms with Gasteiger partial charge in [0.2, 0.25) is 0 Å². The van der Waals surface area contributed by atoms with E-state index in [1.54, 1.807) is 0 Å². The Morgan fingerprint density at radius 3 is 2.60 bits per heavy atom. The van der Waals surface area contributed by atoms with Crippen molar-refractivity contribution in [2.45, 2.75) is 37.9 Å². The van der Waals surface area contributed by atoms with Crippen molar-refractivity contribution in [3.8, 4) is 0 Å². The Balaban J connectivity index is 1.87. The average Bonchev–Trinajstić information content (AvgIpc) is 2.83. The summed E-state index contributed by atoms with van der Waals surface area (Å²) >= 11 is 0. The van der Waals surface area contributed by atoms with Crippen molar-refractivity contribution >= 4 is 6.29 Å². The van der Waals surface area contributed by atoms with Gasteiger partial charge in [-0.1, -0.05) is 12.8 Å². The van der Waals surface area contributed by atoms with Crippen LogP contribution in [-0.2, 0) is 14.3 Å². The third kappa shape index (κ3) is 1.36. The van der Waals surface area contributed by atoms with Gasteiger partial charge in [-0.3, -0.25) is 0 Å². The summed E-state index contributed by atoms with van der Waals surface area (Å²) in [5.74, 6) is 0.647. The van der Waals surface area contributed by atoms with Crippen LogP contribution in [0.1, 0.15) is 32.1 Å². The lowest BCUT2D eigenvalue weighted by Gasteiger charge is -2.29. The monoisotopic (exact) mass is 210 g/mol. The lowest BCUT2D eigenvalue weighted by molar-refractivity contribution is -0.184. The van der Waals surface area contributed by atoms with Crippen molar-refractivity contribution in [2.24, 2.45) is 17.8 Å². The second kappa shape index (κ2) is 3.56. The lowest BCUT2D eigenvalue weighted by atomic mass is 9.78. The molecule has 84 valence electrons. The molecule has 0 unspecified atom stereocenters. The molecule has 3 rings (SSSR count). The van der Waals surface area contributed by atoms with E-state index in [0.29, 0.717) is 25.0 Å². The molecule has 3 atom stereocenters. The molecule has 0 radical (unpaired) electrons. The Bertz CT molecular complexity index is 258. The van der Waals surface area contributed by atoms with Gasteiger partial charge in [-0.05, 0) is 24.7 Å². The van der Waals surface area contributed by atoms with E-state index in [9.17, 15) is 4.79 Å². The Morgan fingerprint density at radius 1 is 1.13 bits per heavy atom. The molecule has 3 heteroatoms. The average molecular weight is 210 g/mol. The van der Waals surface area contributed by atoms with Crippen LogP contribution in [0.5, 0.6) is 0 Å². The fourth-order valence-electron chi connectivity index (χ4n) is 3.78. The van der Waals surface area contributed by atoms with Crippen LogP contribution >= 0.6 is 0 Å². The van der Waals surface area contributed by atoms with Crippen LogP contribution in [-0.4, -0.2) is 25.3 Å². The maximum atomic E-state index is 11.3. The van der Waals surface area contributed by atoms with Crippen LogP contribution in [0, 0.1) is 17.8 Å². The Morgan fingerprint density at radius 2 is 1.87 bits per heavy atom. The normalized spacial score (nSPS) is 43.1. The highest BCUT2D eigenvalue weighted by Gasteiger charge is 2.57. The van der Waals surface area contributed by atoms with Gasteiger partial charge < -0.3 is 14.3 Å². The van der Waals surface area contributed by atoms with E-state index in [-0.39, 0.29) is 5.92 Å². The Kier molecular flexibility index (Phi) is 2.33. The van der Waals surface area contributed by atoms with E-state index in [1.807, 2.05) is 0 Å². The lowest BCUT2D eigenvalue weighted by Crippen LogP contribution is -2.37. The summed E-state index contributed by atoms with van der Waals surface area (Å²) in [7, 11) is 0. The Labute approximate surface area is 90.1 Å². The van der Waals surface area contributed by atoms with Crippen molar-refractivity contribution in [3.05, 3.63) is 0 Å². The summed E-state index contributed by atoms with van der Waals surface area (Å²) in [5.41, 5.74) is 0. The van der Waals surface area contributed by atoms with Gasteiger partial charge in [0.1, 0.15) is 6.29 Å². The van der Waals surface area contributed by atoms with Crippen molar-refractivity contribution in [2.75, 3.05) is 13.2 Å². The molecule has 2 aliphatic carbocycles. The number of hydrogen-bond acceptors (Lipinski definition) is 3. The molecule has 2 saturated carbocycles. The molecule has 0 aromatic heterocycles. The summed E-state index contributed by atoms with van der Waals surface area (Å²) in [4.78, 5) is 11.3. The second-order valence-corrected chi connectivity index (χ2v) is 5.08. The van der Waals surface area contributed by atoms with Crippen molar-refractivity contribution in [1.82, 2.24) is 0 Å². The molecular weight excluding hydrogens is 192 g/mol. The van der Waals surface area contributed by atoms with E-state index in [0.717, 1.165) is 12.7 Å². The molecule has 0 aromatic rings. The van der Waals surface area contributed by atoms with Gasteiger partial charge in [-0.2, -0.15) is 0 Å². The third-order valence-corrected chi connectivity index (χ3v) is 4.41. The van der Waals surface area contributed by atoms with E-state index < -0.39 is 5.79 Å². The minimum absolute atomic E-state index is 0.00898. The van der Waals surface area contributed by atoms with Gasteiger partial charge in [0.25, 0.3) is 0 Å². The molecule has 3 nitrogen and oxygen atoms in total. The maximum absolute atomic E-state index is 11.3. The second-order valence-electron chi connectivity index (χ2n) is 5.08. The highest BCUT2D eigenvalue weighted by atomic mass is 16.7. The first kappa shape index (κ1) is 9.79. The van der Waals surface area contributed by atoms with Crippen molar-refractivity contribution in [3.63, 3.8) is 0 Å². The molecule has 0 amide bonds. The van der Waals surface area contributed by atoms with E-state index in [2.05, 4.69) is 0 Å². The summed E-state index contributed by atoms with van der Waals surface area (Å²) < 4.78 is 11.5. The van der Waals surface area contributed by atoms with Crippen LogP contribution in [0.2, 0.25) is 0 Å². The predicted molar refractivity (Wildman–Crippen MR) is 54.3 cm³/mol. The molecule has 1 saturated heterocycles. The molecule has 0 bridgehead atoms. The molecule has 3 fully saturated rings. The molecule has 3 aliphatic rings. The molecule has 1 heterocycles. The summed E-state index contributed by atoms with van der Waals surface area (Å²) in [5, 5.41) is 0. The quantitative estimate of drug-likeness (QED) is 0.619. The number of aldehydes is 1. The molecule has 0 aromatic carbocycles. The zero-order valence-corrected chi connectivity index (χ0v) is 8.98. The van der Waals surface area contributed by atoms with Gasteiger partial charge in [0, 0.05) is 6.42 Å². The fraction of sp³-hybridized carbons (Fsp3) is 0.917. The summed E-state index contributed by atoms with van der Waals surface area (Å²) in [6.45, 7) is 1.31. The standard InChI is InChI=1S/C12H18O3/c13-8-11-10-4-2-1-3-9(10)7-12(11)14-5-6-15-12/h8-11H,1-7H2/t9-,10-,11+/m1/s1. The van der Waals surface area contributed by atoms with Gasteiger partial charge in [-0.15, -0.1) is 0 Å². The van der Waals surface area contributed by atoms with Crippen LogP contribution in [0.25, 0.3) is 0 Å². The zero-order chi connectivity index (χ0) is 10.3. The first-order valence-electron chi connectivity index (χ1n) is 6.09. The van der Waals surface area contributed by atoms with Crippen LogP contribution in [0.3, 0.4) is 0 Å². The molecule has 1 spiro atoms. The van der Waals surface area contributed by atoms with Crippen LogP contribution < -0.4 is 0 Å². The van der Waals surface area contributed by atoms with E-state index in [1.165, 1.54) is 25.7 Å². The smallest absolute Gasteiger partial charge is 0.178 e. The van der Waals surface area contributed by atoms with Crippen LogP contribution in [0.4, 0.5) is 0 Å². The SMILES string of the molecule is O=C[C@H]1[C@@H]2CCCC[C@@H]2CC12OCCO2. The number of fused-ring (bicyclic) bond motifs is 1. The third-order valence-electron chi connectivity index (χ3n) is 4.41. The maximum Gasteiger partial charge on any atom is 0.178 e. The zero-order valence-electron chi connectivity index (χ0n) is 8.98. The minimum Gasteiger partial charge on any atom is -0.347 e. The number of hydrogen-bond donors (Lipinski definition) is 0. The molecule has 1 aliphatic heterocycles. The highest BCUT2D eigenvalue weighted by molar-refractivity contribution is 5.57. The first-order valence-corrected chi connectivity index (χ1v) is 6.09. The summed E-state index contributed by atoms with van der Waals surface area (Å²) in [6, 6.07) is 0. The summed E-state index contributed by atoms with van der Waals surface area (Å²) in [6.07, 6.45) is 7.04.